The standard InChI is InChI=1S/C13H20N2O/c1-9(16)15-11-7-5-10(6-8-11)12(14)13(2,3)4/h5-8,12H,14H2,1-4H3,(H,15,16)/t12-/m1/s1. The molecule has 1 amide bonds. The Morgan fingerprint density at radius 1 is 1.25 bits per heavy atom. The largest absolute Gasteiger partial charge is 0.326 e. The molecule has 16 heavy (non-hydrogen) atoms. The van der Waals surface area contributed by atoms with E-state index in [-0.39, 0.29) is 17.4 Å². The summed E-state index contributed by atoms with van der Waals surface area (Å²) in [7, 11) is 0. The fourth-order valence-corrected chi connectivity index (χ4v) is 1.48. The molecule has 3 heteroatoms. The Morgan fingerprint density at radius 2 is 1.75 bits per heavy atom. The molecule has 1 aromatic carbocycles. The predicted molar refractivity (Wildman–Crippen MR) is 67.1 cm³/mol. The van der Waals surface area contributed by atoms with Crippen LogP contribution in [0.4, 0.5) is 5.69 Å². The van der Waals surface area contributed by atoms with Gasteiger partial charge in [0.15, 0.2) is 0 Å². The number of rotatable bonds is 2. The van der Waals surface area contributed by atoms with Gasteiger partial charge in [-0.1, -0.05) is 32.9 Å². The van der Waals surface area contributed by atoms with E-state index in [1.807, 2.05) is 24.3 Å². The van der Waals surface area contributed by atoms with Gasteiger partial charge < -0.3 is 11.1 Å². The lowest BCUT2D eigenvalue weighted by atomic mass is 9.83. The molecule has 0 unspecified atom stereocenters. The Hall–Kier alpha value is -1.35. The first-order valence-corrected chi connectivity index (χ1v) is 5.44. The Bertz CT molecular complexity index is 363. The van der Waals surface area contributed by atoms with Crippen LogP contribution in [0.2, 0.25) is 0 Å². The highest BCUT2D eigenvalue weighted by Gasteiger charge is 2.21. The number of hydrogen-bond donors (Lipinski definition) is 2. The molecule has 0 spiro atoms. The molecule has 0 bridgehead atoms. The Labute approximate surface area is 97.0 Å². The maximum absolute atomic E-state index is 10.9. The van der Waals surface area contributed by atoms with Crippen LogP contribution in [0, 0.1) is 5.41 Å². The molecule has 3 N–H and O–H groups in total. The number of carbonyl (C=O) groups excluding carboxylic acids is 1. The second-order valence-electron chi connectivity index (χ2n) is 5.15. The highest BCUT2D eigenvalue weighted by molar-refractivity contribution is 5.88. The quantitative estimate of drug-likeness (QED) is 0.805. The van der Waals surface area contributed by atoms with Gasteiger partial charge in [-0.05, 0) is 23.1 Å². The van der Waals surface area contributed by atoms with Gasteiger partial charge in [0.05, 0.1) is 0 Å². The van der Waals surface area contributed by atoms with Gasteiger partial charge >= 0.3 is 0 Å². The van der Waals surface area contributed by atoms with Crippen LogP contribution in [-0.4, -0.2) is 5.91 Å². The van der Waals surface area contributed by atoms with E-state index in [1.54, 1.807) is 0 Å². The zero-order chi connectivity index (χ0) is 12.3. The minimum Gasteiger partial charge on any atom is -0.326 e. The van der Waals surface area contributed by atoms with Crippen LogP contribution in [0.3, 0.4) is 0 Å². The van der Waals surface area contributed by atoms with Crippen molar-refractivity contribution in [3.63, 3.8) is 0 Å². The molecule has 1 aromatic rings. The molecule has 0 heterocycles. The molecule has 0 radical (unpaired) electrons. The first-order chi connectivity index (χ1) is 7.30. The maximum atomic E-state index is 10.9. The van der Waals surface area contributed by atoms with Gasteiger partial charge in [0.1, 0.15) is 0 Å². The van der Waals surface area contributed by atoms with E-state index in [0.717, 1.165) is 11.3 Å². The van der Waals surface area contributed by atoms with Gasteiger partial charge in [0.25, 0.3) is 0 Å². The van der Waals surface area contributed by atoms with Gasteiger partial charge in [-0.25, -0.2) is 0 Å². The monoisotopic (exact) mass is 220 g/mol. The number of anilines is 1. The molecular weight excluding hydrogens is 200 g/mol. The molecule has 0 saturated carbocycles. The summed E-state index contributed by atoms with van der Waals surface area (Å²) in [6.45, 7) is 7.83. The second-order valence-corrected chi connectivity index (χ2v) is 5.15. The summed E-state index contributed by atoms with van der Waals surface area (Å²) in [5.41, 5.74) is 8.06. The van der Waals surface area contributed by atoms with E-state index in [2.05, 4.69) is 26.1 Å². The van der Waals surface area contributed by atoms with Crippen LogP contribution in [-0.2, 0) is 4.79 Å². The number of benzene rings is 1. The van der Waals surface area contributed by atoms with E-state index in [4.69, 9.17) is 5.73 Å². The molecule has 0 aliphatic heterocycles. The fraction of sp³-hybridized carbons (Fsp3) is 0.462. The summed E-state index contributed by atoms with van der Waals surface area (Å²) >= 11 is 0. The Morgan fingerprint density at radius 3 is 2.12 bits per heavy atom. The third kappa shape index (κ3) is 3.35. The number of carbonyl (C=O) groups is 1. The van der Waals surface area contributed by atoms with Crippen molar-refractivity contribution in [1.82, 2.24) is 0 Å². The number of nitrogens with two attached hydrogens (primary N) is 1. The molecule has 1 rings (SSSR count). The molecule has 88 valence electrons. The lowest BCUT2D eigenvalue weighted by Gasteiger charge is -2.27. The zero-order valence-electron chi connectivity index (χ0n) is 10.4. The van der Waals surface area contributed by atoms with E-state index in [0.29, 0.717) is 0 Å². The first kappa shape index (κ1) is 12.7. The van der Waals surface area contributed by atoms with E-state index >= 15 is 0 Å². The highest BCUT2D eigenvalue weighted by atomic mass is 16.1. The van der Waals surface area contributed by atoms with E-state index in [1.165, 1.54) is 6.92 Å². The molecule has 0 aliphatic carbocycles. The summed E-state index contributed by atoms with van der Waals surface area (Å²) in [5.74, 6) is -0.0622. The Kier molecular flexibility index (Phi) is 3.70. The van der Waals surface area contributed by atoms with Crippen LogP contribution in [0.1, 0.15) is 39.3 Å². The van der Waals surface area contributed by atoms with Crippen molar-refractivity contribution in [2.24, 2.45) is 11.1 Å². The van der Waals surface area contributed by atoms with Crippen LogP contribution >= 0.6 is 0 Å². The Balaban J connectivity index is 2.83. The van der Waals surface area contributed by atoms with Crippen LogP contribution in [0.25, 0.3) is 0 Å². The second kappa shape index (κ2) is 4.66. The average molecular weight is 220 g/mol. The maximum Gasteiger partial charge on any atom is 0.221 e. The molecule has 0 aliphatic rings. The van der Waals surface area contributed by atoms with Crippen molar-refractivity contribution >= 4 is 11.6 Å². The fourth-order valence-electron chi connectivity index (χ4n) is 1.48. The molecule has 0 fully saturated rings. The van der Waals surface area contributed by atoms with Gasteiger partial charge in [-0.3, -0.25) is 4.79 Å². The van der Waals surface area contributed by atoms with Crippen LogP contribution in [0.15, 0.2) is 24.3 Å². The lowest BCUT2D eigenvalue weighted by Crippen LogP contribution is -2.26. The van der Waals surface area contributed by atoms with Crippen molar-refractivity contribution in [2.45, 2.75) is 33.7 Å². The van der Waals surface area contributed by atoms with Crippen molar-refractivity contribution in [1.29, 1.82) is 0 Å². The lowest BCUT2D eigenvalue weighted by molar-refractivity contribution is -0.114. The topological polar surface area (TPSA) is 55.1 Å². The molecule has 0 aromatic heterocycles. The summed E-state index contributed by atoms with van der Waals surface area (Å²) < 4.78 is 0. The van der Waals surface area contributed by atoms with Crippen molar-refractivity contribution < 1.29 is 4.79 Å². The number of amides is 1. The number of nitrogens with one attached hydrogen (secondary N) is 1. The molecular formula is C13H20N2O. The van der Waals surface area contributed by atoms with Gasteiger partial charge in [0, 0.05) is 18.7 Å². The van der Waals surface area contributed by atoms with Crippen LogP contribution < -0.4 is 11.1 Å². The zero-order valence-corrected chi connectivity index (χ0v) is 10.4. The summed E-state index contributed by atoms with van der Waals surface area (Å²) in [6.07, 6.45) is 0. The van der Waals surface area contributed by atoms with Gasteiger partial charge in [0.2, 0.25) is 5.91 Å². The normalized spacial score (nSPS) is 13.3. The summed E-state index contributed by atoms with van der Waals surface area (Å²) in [4.78, 5) is 10.9. The smallest absolute Gasteiger partial charge is 0.221 e. The minimum atomic E-state index is -0.0622. The van der Waals surface area contributed by atoms with Gasteiger partial charge in [-0.15, -0.1) is 0 Å². The van der Waals surface area contributed by atoms with Crippen LogP contribution in [0.5, 0.6) is 0 Å². The molecule has 3 nitrogen and oxygen atoms in total. The van der Waals surface area contributed by atoms with E-state index < -0.39 is 0 Å². The van der Waals surface area contributed by atoms with Crippen molar-refractivity contribution in [3.8, 4) is 0 Å². The third-order valence-corrected chi connectivity index (χ3v) is 2.52. The summed E-state index contributed by atoms with van der Waals surface area (Å²) in [6, 6.07) is 7.67. The predicted octanol–water partition coefficient (Wildman–Crippen LogP) is 2.69. The van der Waals surface area contributed by atoms with Gasteiger partial charge in [-0.2, -0.15) is 0 Å². The van der Waals surface area contributed by atoms with Crippen molar-refractivity contribution in [2.75, 3.05) is 5.32 Å². The third-order valence-electron chi connectivity index (χ3n) is 2.52. The SMILES string of the molecule is CC(=O)Nc1ccc([C@@H](N)C(C)(C)C)cc1. The van der Waals surface area contributed by atoms with E-state index in [9.17, 15) is 4.79 Å². The molecule has 1 atom stereocenters. The average Bonchev–Trinajstić information content (AvgIpc) is 2.15. The molecule has 0 saturated heterocycles. The first-order valence-electron chi connectivity index (χ1n) is 5.44. The minimum absolute atomic E-state index is 0.00104. The number of hydrogen-bond acceptors (Lipinski definition) is 2. The highest BCUT2D eigenvalue weighted by Crippen LogP contribution is 2.30. The van der Waals surface area contributed by atoms with Crippen molar-refractivity contribution in [3.05, 3.63) is 29.8 Å². The summed E-state index contributed by atoms with van der Waals surface area (Å²) in [5, 5.41) is 2.73.